The third-order valence-corrected chi connectivity index (χ3v) is 3.44. The number of amides is 1. The molecule has 0 unspecified atom stereocenters. The van der Waals surface area contributed by atoms with E-state index in [9.17, 15) is 4.79 Å². The van der Waals surface area contributed by atoms with Gasteiger partial charge in [-0.15, -0.1) is 0 Å². The number of carbonyl (C=O) groups excluding carboxylic acids is 1. The first-order valence-corrected chi connectivity index (χ1v) is 6.39. The fourth-order valence-corrected chi connectivity index (χ4v) is 2.23. The average molecular weight is 264 g/mol. The van der Waals surface area contributed by atoms with Gasteiger partial charge in [-0.05, 0) is 30.9 Å². The lowest BCUT2D eigenvalue weighted by molar-refractivity contribution is 0.0934. The maximum atomic E-state index is 12.1. The van der Waals surface area contributed by atoms with E-state index in [1.807, 2.05) is 0 Å². The average Bonchev–Trinajstić information content (AvgIpc) is 2.41. The molecule has 1 amide bonds. The van der Waals surface area contributed by atoms with Gasteiger partial charge in [0.15, 0.2) is 0 Å². The number of carbonyl (C=O) groups is 1. The van der Waals surface area contributed by atoms with Gasteiger partial charge in [0.1, 0.15) is 11.5 Å². The minimum atomic E-state index is -0.113. The van der Waals surface area contributed by atoms with Crippen LogP contribution in [0.2, 0.25) is 0 Å². The summed E-state index contributed by atoms with van der Waals surface area (Å²) in [4.78, 5) is 12.1. The maximum Gasteiger partial charge on any atom is 0.251 e. The summed E-state index contributed by atoms with van der Waals surface area (Å²) in [6.07, 6.45) is 1.98. The Morgan fingerprint density at radius 3 is 2.32 bits per heavy atom. The number of nitrogens with two attached hydrogens (primary N) is 1. The second-order valence-corrected chi connectivity index (χ2v) is 4.91. The smallest absolute Gasteiger partial charge is 0.251 e. The molecule has 3 N–H and O–H groups in total. The van der Waals surface area contributed by atoms with Crippen LogP contribution in [0.1, 0.15) is 23.2 Å². The highest BCUT2D eigenvalue weighted by Crippen LogP contribution is 2.25. The van der Waals surface area contributed by atoms with Crippen molar-refractivity contribution >= 4 is 5.91 Å². The predicted molar refractivity (Wildman–Crippen MR) is 72.6 cm³/mol. The number of methoxy groups -OCH3 is 2. The van der Waals surface area contributed by atoms with Crippen LogP contribution in [0.25, 0.3) is 0 Å². The van der Waals surface area contributed by atoms with E-state index in [4.69, 9.17) is 15.2 Å². The standard InChI is InChI=1S/C14H20N2O3/c1-18-12-5-10(6-13(7-12)19-2)14(17)16-8-9-3-11(15)4-9/h5-7,9,11H,3-4,8,15H2,1-2H3,(H,16,17). The highest BCUT2D eigenvalue weighted by atomic mass is 16.5. The van der Waals surface area contributed by atoms with E-state index in [1.165, 1.54) is 0 Å². The zero-order valence-electron chi connectivity index (χ0n) is 11.3. The summed E-state index contributed by atoms with van der Waals surface area (Å²) < 4.78 is 10.3. The Hall–Kier alpha value is -1.75. The Kier molecular flexibility index (Phi) is 4.27. The van der Waals surface area contributed by atoms with Crippen molar-refractivity contribution in [1.29, 1.82) is 0 Å². The Morgan fingerprint density at radius 1 is 1.26 bits per heavy atom. The zero-order valence-corrected chi connectivity index (χ0v) is 11.3. The molecular formula is C14H20N2O3. The Bertz CT molecular complexity index is 434. The highest BCUT2D eigenvalue weighted by molar-refractivity contribution is 5.95. The molecule has 0 radical (unpaired) electrons. The van der Waals surface area contributed by atoms with Crippen molar-refractivity contribution in [2.75, 3.05) is 20.8 Å². The normalized spacial score (nSPS) is 21.4. The lowest BCUT2D eigenvalue weighted by Gasteiger charge is -2.32. The lowest BCUT2D eigenvalue weighted by atomic mass is 9.81. The molecule has 0 aliphatic heterocycles. The van der Waals surface area contributed by atoms with E-state index < -0.39 is 0 Å². The molecule has 104 valence electrons. The van der Waals surface area contributed by atoms with Gasteiger partial charge in [0.2, 0.25) is 0 Å². The quantitative estimate of drug-likeness (QED) is 0.837. The van der Waals surface area contributed by atoms with Crippen molar-refractivity contribution < 1.29 is 14.3 Å². The first kappa shape index (κ1) is 13.7. The molecule has 19 heavy (non-hydrogen) atoms. The third-order valence-electron chi connectivity index (χ3n) is 3.44. The van der Waals surface area contributed by atoms with Gasteiger partial charge in [-0.1, -0.05) is 0 Å². The largest absolute Gasteiger partial charge is 0.497 e. The van der Waals surface area contributed by atoms with Gasteiger partial charge in [0.25, 0.3) is 5.91 Å². The Balaban J connectivity index is 1.97. The summed E-state index contributed by atoms with van der Waals surface area (Å²) in [7, 11) is 3.12. The van der Waals surface area contributed by atoms with E-state index in [1.54, 1.807) is 32.4 Å². The predicted octanol–water partition coefficient (Wildman–Crippen LogP) is 1.17. The second-order valence-electron chi connectivity index (χ2n) is 4.91. The SMILES string of the molecule is COc1cc(OC)cc(C(=O)NCC2CC(N)C2)c1. The van der Waals surface area contributed by atoms with Crippen LogP contribution in [-0.2, 0) is 0 Å². The summed E-state index contributed by atoms with van der Waals surface area (Å²) in [5, 5.41) is 2.92. The van der Waals surface area contributed by atoms with Gasteiger partial charge in [-0.25, -0.2) is 0 Å². The molecule has 0 aromatic heterocycles. The minimum absolute atomic E-state index is 0.113. The van der Waals surface area contributed by atoms with Crippen LogP contribution < -0.4 is 20.5 Å². The number of nitrogens with one attached hydrogen (secondary N) is 1. The van der Waals surface area contributed by atoms with Crippen LogP contribution in [0.3, 0.4) is 0 Å². The van der Waals surface area contributed by atoms with Gasteiger partial charge in [0, 0.05) is 24.2 Å². The van der Waals surface area contributed by atoms with E-state index in [0.29, 0.717) is 35.6 Å². The van der Waals surface area contributed by atoms with E-state index >= 15 is 0 Å². The van der Waals surface area contributed by atoms with Crippen molar-refractivity contribution in [1.82, 2.24) is 5.32 Å². The minimum Gasteiger partial charge on any atom is -0.497 e. The molecular weight excluding hydrogens is 244 g/mol. The molecule has 1 aromatic carbocycles. The van der Waals surface area contributed by atoms with Crippen LogP contribution in [-0.4, -0.2) is 32.7 Å². The summed E-state index contributed by atoms with van der Waals surface area (Å²) in [6.45, 7) is 0.673. The van der Waals surface area contributed by atoms with Crippen molar-refractivity contribution in [2.45, 2.75) is 18.9 Å². The van der Waals surface area contributed by atoms with Crippen molar-refractivity contribution in [3.05, 3.63) is 23.8 Å². The van der Waals surface area contributed by atoms with Gasteiger partial charge >= 0.3 is 0 Å². The lowest BCUT2D eigenvalue weighted by Crippen LogP contribution is -2.42. The molecule has 5 heteroatoms. The molecule has 1 aliphatic carbocycles. The molecule has 2 rings (SSSR count). The summed E-state index contributed by atoms with van der Waals surface area (Å²) >= 11 is 0. The highest BCUT2D eigenvalue weighted by Gasteiger charge is 2.26. The Morgan fingerprint density at radius 2 is 1.84 bits per heavy atom. The van der Waals surface area contributed by atoms with Crippen molar-refractivity contribution in [2.24, 2.45) is 11.7 Å². The van der Waals surface area contributed by atoms with E-state index in [2.05, 4.69) is 5.32 Å². The van der Waals surface area contributed by atoms with Gasteiger partial charge in [-0.2, -0.15) is 0 Å². The van der Waals surface area contributed by atoms with Crippen molar-refractivity contribution in [3.63, 3.8) is 0 Å². The molecule has 1 aromatic rings. The number of benzene rings is 1. The summed E-state index contributed by atoms with van der Waals surface area (Å²) in [5.74, 6) is 1.61. The van der Waals surface area contributed by atoms with Crippen molar-refractivity contribution in [3.8, 4) is 11.5 Å². The number of ether oxygens (including phenoxy) is 2. The molecule has 0 saturated heterocycles. The summed E-state index contributed by atoms with van der Waals surface area (Å²) in [6, 6.07) is 5.44. The Labute approximate surface area is 113 Å². The second kappa shape index (κ2) is 5.93. The molecule has 1 aliphatic rings. The first-order valence-electron chi connectivity index (χ1n) is 6.39. The maximum absolute atomic E-state index is 12.1. The van der Waals surface area contributed by atoms with Crippen LogP contribution in [0.4, 0.5) is 0 Å². The molecule has 1 saturated carbocycles. The van der Waals surface area contributed by atoms with Gasteiger partial charge in [0.05, 0.1) is 14.2 Å². The van der Waals surface area contributed by atoms with Gasteiger partial charge < -0.3 is 20.5 Å². The molecule has 0 atom stereocenters. The molecule has 1 fully saturated rings. The number of rotatable bonds is 5. The van der Waals surface area contributed by atoms with E-state index in [0.717, 1.165) is 12.8 Å². The molecule has 0 spiro atoms. The molecule has 0 heterocycles. The fraction of sp³-hybridized carbons (Fsp3) is 0.500. The van der Waals surface area contributed by atoms with Crippen LogP contribution >= 0.6 is 0 Å². The van der Waals surface area contributed by atoms with Crippen LogP contribution in [0.15, 0.2) is 18.2 Å². The van der Waals surface area contributed by atoms with Crippen LogP contribution in [0.5, 0.6) is 11.5 Å². The number of hydrogen-bond acceptors (Lipinski definition) is 4. The third kappa shape index (κ3) is 3.38. The monoisotopic (exact) mass is 264 g/mol. The fourth-order valence-electron chi connectivity index (χ4n) is 2.23. The van der Waals surface area contributed by atoms with Gasteiger partial charge in [-0.3, -0.25) is 4.79 Å². The topological polar surface area (TPSA) is 73.6 Å². The molecule has 5 nitrogen and oxygen atoms in total. The number of hydrogen-bond donors (Lipinski definition) is 2. The molecule has 0 bridgehead atoms. The van der Waals surface area contributed by atoms with E-state index in [-0.39, 0.29) is 5.91 Å². The zero-order chi connectivity index (χ0) is 13.8. The first-order chi connectivity index (χ1) is 9.12. The summed E-state index contributed by atoms with van der Waals surface area (Å²) in [5.41, 5.74) is 6.26. The van der Waals surface area contributed by atoms with Crippen LogP contribution in [0, 0.1) is 5.92 Å².